The molecule has 0 nitrogen and oxygen atoms in total. The van der Waals surface area contributed by atoms with Crippen LogP contribution < -0.4 is 0 Å². The van der Waals surface area contributed by atoms with Crippen molar-refractivity contribution in [2.24, 2.45) is 0 Å². The lowest BCUT2D eigenvalue weighted by atomic mass is 10.1. The Morgan fingerprint density at radius 1 is 0.947 bits per heavy atom. The summed E-state index contributed by atoms with van der Waals surface area (Å²) < 4.78 is 0. The van der Waals surface area contributed by atoms with Gasteiger partial charge in [-0.25, -0.2) is 0 Å². The van der Waals surface area contributed by atoms with Gasteiger partial charge >= 0.3 is 0 Å². The molecule has 0 amide bonds. The summed E-state index contributed by atoms with van der Waals surface area (Å²) in [6.45, 7) is 2.23. The van der Waals surface area contributed by atoms with Gasteiger partial charge in [-0.1, -0.05) is 73.3 Å². The van der Waals surface area contributed by atoms with Crippen LogP contribution in [0.4, 0.5) is 0 Å². The molecule has 0 aliphatic carbocycles. The number of allylic oxidation sites excluding steroid dienone is 2. The van der Waals surface area contributed by atoms with Crippen LogP contribution in [0.25, 0.3) is 0 Å². The molecule has 2 rings (SSSR count). The highest BCUT2D eigenvalue weighted by Crippen LogP contribution is 2.28. The third-order valence-electron chi connectivity index (χ3n) is 2.99. The summed E-state index contributed by atoms with van der Waals surface area (Å²) in [4.78, 5) is 2.79. The van der Waals surface area contributed by atoms with Gasteiger partial charge in [0.05, 0.1) is 0 Å². The van der Waals surface area contributed by atoms with Gasteiger partial charge in [0, 0.05) is 4.90 Å². The quantitative estimate of drug-likeness (QED) is 0.605. The normalized spacial score (nSPS) is 11.5. The van der Waals surface area contributed by atoms with Crippen LogP contribution in [0.5, 0.6) is 0 Å². The Bertz CT molecular complexity index is 500. The molecule has 0 atom stereocenters. The van der Waals surface area contributed by atoms with Crippen molar-refractivity contribution in [3.63, 3.8) is 0 Å². The lowest BCUT2D eigenvalue weighted by Crippen LogP contribution is -1.83. The number of hydrogen-bond acceptors (Lipinski definition) is 1. The van der Waals surface area contributed by atoms with E-state index in [-0.39, 0.29) is 0 Å². The molecule has 0 saturated heterocycles. The van der Waals surface area contributed by atoms with Crippen LogP contribution >= 0.6 is 11.8 Å². The second-order valence-corrected chi connectivity index (χ2v) is 5.66. The fraction of sp³-hybridized carbons (Fsp3) is 0.222. The number of aryl methyl sites for hydroxylation is 1. The molecule has 98 valence electrons. The van der Waals surface area contributed by atoms with Gasteiger partial charge in [0.1, 0.15) is 0 Å². The van der Waals surface area contributed by atoms with E-state index in [1.165, 1.54) is 15.4 Å². The monoisotopic (exact) mass is 268 g/mol. The fourth-order valence-corrected chi connectivity index (χ4v) is 2.88. The summed E-state index contributed by atoms with van der Waals surface area (Å²) in [7, 11) is 0. The van der Waals surface area contributed by atoms with Crippen LogP contribution in [-0.2, 0) is 6.42 Å². The molecule has 0 aliphatic heterocycles. The Hall–Kier alpha value is -1.47. The summed E-state index contributed by atoms with van der Waals surface area (Å²) >= 11 is 1.88. The van der Waals surface area contributed by atoms with Gasteiger partial charge in [0.2, 0.25) is 0 Å². The molecule has 0 saturated carbocycles. The zero-order valence-corrected chi connectivity index (χ0v) is 12.2. The van der Waals surface area contributed by atoms with Crippen LogP contribution in [0.1, 0.15) is 25.3 Å². The number of benzene rings is 2. The first-order valence-corrected chi connectivity index (χ1v) is 7.66. The van der Waals surface area contributed by atoms with Gasteiger partial charge in [-0.15, -0.1) is 0 Å². The Kier molecular flexibility index (Phi) is 5.77. The van der Waals surface area contributed by atoms with Crippen LogP contribution in [0.2, 0.25) is 0 Å². The van der Waals surface area contributed by atoms with E-state index >= 15 is 0 Å². The second-order valence-electron chi connectivity index (χ2n) is 4.46. The Morgan fingerprint density at radius 3 is 2.21 bits per heavy atom. The maximum atomic E-state index is 2.38. The molecule has 19 heavy (non-hydrogen) atoms. The molecule has 0 bridgehead atoms. The van der Waals surface area contributed by atoms with Gasteiger partial charge in [-0.2, -0.15) is 0 Å². The van der Waals surface area contributed by atoms with E-state index in [2.05, 4.69) is 73.7 Å². The van der Waals surface area contributed by atoms with E-state index in [4.69, 9.17) is 0 Å². The molecule has 0 unspecified atom stereocenters. The van der Waals surface area contributed by atoms with Crippen molar-refractivity contribution in [3.8, 4) is 0 Å². The number of rotatable bonds is 6. The van der Waals surface area contributed by atoms with Gasteiger partial charge in [-0.3, -0.25) is 0 Å². The summed E-state index contributed by atoms with van der Waals surface area (Å²) in [5.74, 6) is 0. The minimum absolute atomic E-state index is 1.11. The SMILES string of the molecule is CC/C(=C\CCc1ccccc1)Sc1ccccc1. The molecular weight excluding hydrogens is 248 g/mol. The topological polar surface area (TPSA) is 0 Å². The standard InChI is InChI=1S/C18H20S/c1-2-17(19-18-13-7-4-8-14-18)15-9-12-16-10-5-3-6-11-16/h3-8,10-11,13-15H,2,9,12H2,1H3/b17-15+. The molecule has 0 radical (unpaired) electrons. The third-order valence-corrected chi connectivity index (χ3v) is 4.21. The summed E-state index contributed by atoms with van der Waals surface area (Å²) in [5.41, 5.74) is 1.42. The van der Waals surface area contributed by atoms with Crippen molar-refractivity contribution >= 4 is 11.8 Å². The average molecular weight is 268 g/mol. The van der Waals surface area contributed by atoms with E-state index in [1.54, 1.807) is 0 Å². The van der Waals surface area contributed by atoms with Crippen molar-refractivity contribution in [1.82, 2.24) is 0 Å². The van der Waals surface area contributed by atoms with Gasteiger partial charge < -0.3 is 0 Å². The summed E-state index contributed by atoms with van der Waals surface area (Å²) in [6.07, 6.45) is 5.73. The van der Waals surface area contributed by atoms with Gasteiger partial charge in [-0.05, 0) is 41.9 Å². The summed E-state index contributed by atoms with van der Waals surface area (Å²) in [5, 5.41) is 0. The molecule has 2 aromatic rings. The highest BCUT2D eigenvalue weighted by Gasteiger charge is 1.98. The average Bonchev–Trinajstić information content (AvgIpc) is 2.48. The van der Waals surface area contributed by atoms with Crippen molar-refractivity contribution in [1.29, 1.82) is 0 Å². The van der Waals surface area contributed by atoms with E-state index in [0.29, 0.717) is 0 Å². The smallest absolute Gasteiger partial charge is 0.0118 e. The van der Waals surface area contributed by atoms with Gasteiger partial charge in [0.15, 0.2) is 0 Å². The van der Waals surface area contributed by atoms with E-state index in [9.17, 15) is 0 Å². The highest BCUT2D eigenvalue weighted by atomic mass is 32.2. The minimum atomic E-state index is 1.11. The Balaban J connectivity index is 1.89. The first-order valence-electron chi connectivity index (χ1n) is 6.84. The highest BCUT2D eigenvalue weighted by molar-refractivity contribution is 8.03. The van der Waals surface area contributed by atoms with Crippen molar-refractivity contribution < 1.29 is 0 Å². The molecule has 0 aliphatic rings. The summed E-state index contributed by atoms with van der Waals surface area (Å²) in [6, 6.07) is 21.3. The largest absolute Gasteiger partial charge is 0.0949 e. The molecule has 0 N–H and O–H groups in total. The molecule has 0 aromatic heterocycles. The second kappa shape index (κ2) is 7.85. The number of thioether (sulfide) groups is 1. The lowest BCUT2D eigenvalue weighted by Gasteiger charge is -2.05. The predicted octanol–water partition coefficient (Wildman–Crippen LogP) is 5.71. The lowest BCUT2D eigenvalue weighted by molar-refractivity contribution is 0.988. The molecule has 0 fully saturated rings. The predicted molar refractivity (Wildman–Crippen MR) is 85.4 cm³/mol. The maximum Gasteiger partial charge on any atom is 0.0118 e. The Morgan fingerprint density at radius 2 is 1.58 bits per heavy atom. The van der Waals surface area contributed by atoms with Crippen molar-refractivity contribution in [2.75, 3.05) is 0 Å². The molecule has 0 heterocycles. The van der Waals surface area contributed by atoms with Gasteiger partial charge in [0.25, 0.3) is 0 Å². The van der Waals surface area contributed by atoms with Crippen LogP contribution in [-0.4, -0.2) is 0 Å². The van der Waals surface area contributed by atoms with Crippen molar-refractivity contribution in [3.05, 3.63) is 77.2 Å². The van der Waals surface area contributed by atoms with E-state index in [1.807, 2.05) is 11.8 Å². The van der Waals surface area contributed by atoms with E-state index < -0.39 is 0 Å². The van der Waals surface area contributed by atoms with Crippen LogP contribution in [0, 0.1) is 0 Å². The fourth-order valence-electron chi connectivity index (χ4n) is 1.94. The zero-order chi connectivity index (χ0) is 13.3. The maximum absolute atomic E-state index is 2.38. The van der Waals surface area contributed by atoms with Crippen molar-refractivity contribution in [2.45, 2.75) is 31.1 Å². The first-order chi connectivity index (χ1) is 9.38. The van der Waals surface area contributed by atoms with E-state index in [0.717, 1.165) is 19.3 Å². The van der Waals surface area contributed by atoms with Crippen LogP contribution in [0.3, 0.4) is 0 Å². The zero-order valence-electron chi connectivity index (χ0n) is 11.4. The van der Waals surface area contributed by atoms with Crippen LogP contribution in [0.15, 0.2) is 76.5 Å². The third kappa shape index (κ3) is 4.96. The molecule has 1 heteroatoms. The number of hydrogen-bond donors (Lipinski definition) is 0. The molecule has 2 aromatic carbocycles. The molecule has 0 spiro atoms. The first kappa shape index (κ1) is 14.0. The Labute approximate surface area is 120 Å². The minimum Gasteiger partial charge on any atom is -0.0949 e. The molecular formula is C18H20S.